The predicted molar refractivity (Wildman–Crippen MR) is 111 cm³/mol. The first-order valence-electron chi connectivity index (χ1n) is 9.61. The van der Waals surface area contributed by atoms with Crippen molar-refractivity contribution in [2.45, 2.75) is 26.8 Å². The Morgan fingerprint density at radius 3 is 2.60 bits per heavy atom. The summed E-state index contributed by atoms with van der Waals surface area (Å²) >= 11 is 0. The van der Waals surface area contributed by atoms with Gasteiger partial charge in [-0.3, -0.25) is 4.79 Å². The van der Waals surface area contributed by atoms with Crippen LogP contribution in [0, 0.1) is 18.3 Å². The van der Waals surface area contributed by atoms with Gasteiger partial charge < -0.3 is 14.8 Å². The fourth-order valence-electron chi connectivity index (χ4n) is 2.66. The van der Waals surface area contributed by atoms with Crippen molar-refractivity contribution in [1.29, 1.82) is 5.26 Å². The standard InChI is InChI=1S/C23H22N4O3/c1-3-13-29-19-7-9-20(10-8-19)30-23-18(5-4-12-25-23)15-26-22(28)21-11-6-17(14-24)16(2)27-21/h4-12H,3,13,15H2,1-2H3,(H,26,28). The molecule has 0 bridgehead atoms. The van der Waals surface area contributed by atoms with Crippen LogP contribution in [0.25, 0.3) is 0 Å². The lowest BCUT2D eigenvalue weighted by Crippen LogP contribution is -2.24. The number of hydrogen-bond donors (Lipinski definition) is 1. The Balaban J connectivity index is 1.66. The van der Waals surface area contributed by atoms with Crippen molar-refractivity contribution in [3.8, 4) is 23.4 Å². The van der Waals surface area contributed by atoms with Gasteiger partial charge in [0.1, 0.15) is 23.3 Å². The third-order valence-electron chi connectivity index (χ3n) is 4.24. The Morgan fingerprint density at radius 2 is 1.90 bits per heavy atom. The highest BCUT2D eigenvalue weighted by Gasteiger charge is 2.12. The van der Waals surface area contributed by atoms with Gasteiger partial charge in [0.25, 0.3) is 5.91 Å². The molecule has 0 aliphatic heterocycles. The van der Waals surface area contributed by atoms with Crippen molar-refractivity contribution >= 4 is 5.91 Å². The maximum absolute atomic E-state index is 12.4. The fourth-order valence-corrected chi connectivity index (χ4v) is 2.66. The van der Waals surface area contributed by atoms with Crippen LogP contribution in [-0.4, -0.2) is 22.5 Å². The largest absolute Gasteiger partial charge is 0.494 e. The van der Waals surface area contributed by atoms with Gasteiger partial charge in [0.05, 0.1) is 17.9 Å². The molecule has 1 aromatic carbocycles. The second-order valence-electron chi connectivity index (χ2n) is 6.51. The molecule has 0 unspecified atom stereocenters. The zero-order valence-electron chi connectivity index (χ0n) is 16.9. The van der Waals surface area contributed by atoms with Crippen LogP contribution in [0.4, 0.5) is 0 Å². The van der Waals surface area contributed by atoms with E-state index in [9.17, 15) is 4.79 Å². The molecule has 0 aliphatic carbocycles. The quantitative estimate of drug-likeness (QED) is 0.607. The topological polar surface area (TPSA) is 97.1 Å². The zero-order valence-corrected chi connectivity index (χ0v) is 16.9. The van der Waals surface area contributed by atoms with Crippen molar-refractivity contribution < 1.29 is 14.3 Å². The smallest absolute Gasteiger partial charge is 0.270 e. The molecule has 1 N–H and O–H groups in total. The molecule has 0 fully saturated rings. The molecule has 7 nitrogen and oxygen atoms in total. The number of ether oxygens (including phenoxy) is 2. The van der Waals surface area contributed by atoms with Crippen LogP contribution >= 0.6 is 0 Å². The van der Waals surface area contributed by atoms with E-state index in [4.69, 9.17) is 14.7 Å². The van der Waals surface area contributed by atoms with E-state index in [1.165, 1.54) is 6.07 Å². The number of pyridine rings is 2. The van der Waals surface area contributed by atoms with Crippen molar-refractivity contribution in [2.75, 3.05) is 6.61 Å². The van der Waals surface area contributed by atoms with E-state index in [0.29, 0.717) is 29.5 Å². The molecular formula is C23H22N4O3. The number of nitrogens with zero attached hydrogens (tertiary/aromatic N) is 3. The minimum absolute atomic E-state index is 0.223. The Kier molecular flexibility index (Phi) is 6.95. The van der Waals surface area contributed by atoms with Gasteiger partial charge in [-0.25, -0.2) is 9.97 Å². The molecule has 0 saturated carbocycles. The molecule has 30 heavy (non-hydrogen) atoms. The number of carbonyl (C=O) groups is 1. The van der Waals surface area contributed by atoms with E-state index in [-0.39, 0.29) is 18.1 Å². The highest BCUT2D eigenvalue weighted by atomic mass is 16.5. The van der Waals surface area contributed by atoms with E-state index in [0.717, 1.165) is 17.7 Å². The Labute approximate surface area is 175 Å². The minimum Gasteiger partial charge on any atom is -0.494 e. The van der Waals surface area contributed by atoms with E-state index < -0.39 is 0 Å². The summed E-state index contributed by atoms with van der Waals surface area (Å²) in [5, 5.41) is 11.8. The summed E-state index contributed by atoms with van der Waals surface area (Å²) in [6.45, 7) is 4.64. The number of benzene rings is 1. The summed E-state index contributed by atoms with van der Waals surface area (Å²) < 4.78 is 11.5. The molecule has 3 aromatic rings. The molecule has 0 atom stereocenters. The number of aryl methyl sites for hydroxylation is 1. The van der Waals surface area contributed by atoms with Gasteiger partial charge in [0.2, 0.25) is 5.88 Å². The Hall–Kier alpha value is -3.92. The first-order chi connectivity index (χ1) is 14.6. The number of amides is 1. The van der Waals surface area contributed by atoms with Crippen LogP contribution in [-0.2, 0) is 6.54 Å². The second-order valence-corrected chi connectivity index (χ2v) is 6.51. The molecule has 2 heterocycles. The third-order valence-corrected chi connectivity index (χ3v) is 4.24. The average Bonchev–Trinajstić information content (AvgIpc) is 2.77. The van der Waals surface area contributed by atoms with Crippen molar-refractivity contribution in [2.24, 2.45) is 0 Å². The summed E-state index contributed by atoms with van der Waals surface area (Å²) in [5.74, 6) is 1.47. The lowest BCUT2D eigenvalue weighted by Gasteiger charge is -2.11. The molecule has 7 heteroatoms. The molecule has 0 saturated heterocycles. The monoisotopic (exact) mass is 402 g/mol. The normalized spacial score (nSPS) is 10.2. The highest BCUT2D eigenvalue weighted by Crippen LogP contribution is 2.25. The second kappa shape index (κ2) is 10.0. The maximum atomic E-state index is 12.4. The number of carbonyl (C=O) groups excluding carboxylic acids is 1. The Morgan fingerprint density at radius 1 is 1.13 bits per heavy atom. The summed E-state index contributed by atoms with van der Waals surface area (Å²) in [6.07, 6.45) is 2.57. The van der Waals surface area contributed by atoms with Gasteiger partial charge in [0.15, 0.2) is 0 Å². The summed E-state index contributed by atoms with van der Waals surface area (Å²) in [6, 6.07) is 16.1. The van der Waals surface area contributed by atoms with Crippen LogP contribution < -0.4 is 14.8 Å². The zero-order chi connectivity index (χ0) is 21.3. The number of nitriles is 1. The average molecular weight is 402 g/mol. The Bertz CT molecular complexity index is 1060. The number of rotatable bonds is 8. The molecule has 3 rings (SSSR count). The number of aromatic nitrogens is 2. The highest BCUT2D eigenvalue weighted by molar-refractivity contribution is 5.92. The van der Waals surface area contributed by atoms with E-state index in [2.05, 4.69) is 22.2 Å². The summed E-state index contributed by atoms with van der Waals surface area (Å²) in [7, 11) is 0. The van der Waals surface area contributed by atoms with Gasteiger partial charge in [-0.05, 0) is 55.8 Å². The molecule has 0 radical (unpaired) electrons. The van der Waals surface area contributed by atoms with Crippen molar-refractivity contribution in [3.05, 3.63) is 77.2 Å². The van der Waals surface area contributed by atoms with Crippen LogP contribution in [0.3, 0.4) is 0 Å². The van der Waals surface area contributed by atoms with Crippen LogP contribution in [0.2, 0.25) is 0 Å². The first kappa shape index (κ1) is 20.8. The van der Waals surface area contributed by atoms with Gasteiger partial charge in [-0.1, -0.05) is 13.0 Å². The lowest BCUT2D eigenvalue weighted by atomic mass is 10.2. The molecule has 152 valence electrons. The minimum atomic E-state index is -0.338. The third kappa shape index (κ3) is 5.32. The lowest BCUT2D eigenvalue weighted by molar-refractivity contribution is 0.0945. The van der Waals surface area contributed by atoms with Crippen molar-refractivity contribution in [3.63, 3.8) is 0 Å². The maximum Gasteiger partial charge on any atom is 0.270 e. The molecule has 0 spiro atoms. The van der Waals surface area contributed by atoms with E-state index in [1.54, 1.807) is 25.3 Å². The molecule has 0 aliphatic rings. The van der Waals surface area contributed by atoms with Crippen LogP contribution in [0.1, 0.15) is 40.7 Å². The van der Waals surface area contributed by atoms with Crippen LogP contribution in [0.15, 0.2) is 54.7 Å². The van der Waals surface area contributed by atoms with Gasteiger partial charge in [0, 0.05) is 18.3 Å². The number of nitrogens with one attached hydrogen (secondary N) is 1. The van der Waals surface area contributed by atoms with Gasteiger partial charge in [-0.2, -0.15) is 5.26 Å². The predicted octanol–water partition coefficient (Wildman–Crippen LogP) is 4.17. The van der Waals surface area contributed by atoms with Gasteiger partial charge in [-0.15, -0.1) is 0 Å². The fraction of sp³-hybridized carbons (Fsp3) is 0.217. The molecular weight excluding hydrogens is 380 g/mol. The SMILES string of the molecule is CCCOc1ccc(Oc2ncccc2CNC(=O)c2ccc(C#N)c(C)n2)cc1. The van der Waals surface area contributed by atoms with E-state index in [1.807, 2.05) is 36.4 Å². The molecule has 1 amide bonds. The van der Waals surface area contributed by atoms with Gasteiger partial charge >= 0.3 is 0 Å². The summed E-state index contributed by atoms with van der Waals surface area (Å²) in [4.78, 5) is 20.9. The number of hydrogen-bond acceptors (Lipinski definition) is 6. The van der Waals surface area contributed by atoms with E-state index >= 15 is 0 Å². The van der Waals surface area contributed by atoms with Crippen molar-refractivity contribution in [1.82, 2.24) is 15.3 Å². The summed E-state index contributed by atoms with van der Waals surface area (Å²) in [5.41, 5.74) is 1.94. The van der Waals surface area contributed by atoms with Crippen LogP contribution in [0.5, 0.6) is 17.4 Å². The first-order valence-corrected chi connectivity index (χ1v) is 9.61. The molecule has 2 aromatic heterocycles.